The van der Waals surface area contributed by atoms with Crippen LogP contribution in [-0.4, -0.2) is 94.6 Å². The molecule has 15 nitrogen and oxygen atoms in total. The van der Waals surface area contributed by atoms with Gasteiger partial charge in [0.25, 0.3) is 0 Å². The Morgan fingerprint density at radius 3 is 1.91 bits per heavy atom. The van der Waals surface area contributed by atoms with Crippen molar-refractivity contribution in [1.29, 1.82) is 0 Å². The van der Waals surface area contributed by atoms with E-state index in [1.165, 1.54) is 24.3 Å². The van der Waals surface area contributed by atoms with Gasteiger partial charge in [0.05, 0.1) is 6.04 Å². The highest BCUT2D eigenvalue weighted by Crippen LogP contribution is 2.13. The summed E-state index contributed by atoms with van der Waals surface area (Å²) < 4.78 is 2.68. The van der Waals surface area contributed by atoms with E-state index in [4.69, 9.17) is 22.9 Å². The molecule has 242 valence electrons. The van der Waals surface area contributed by atoms with E-state index in [2.05, 4.69) is 33.3 Å². The topological polar surface area (TPSA) is 278 Å². The number of unbranched alkanes of at least 4 members (excludes halogenated alkanes) is 1. The van der Waals surface area contributed by atoms with E-state index in [0.29, 0.717) is 36.9 Å². The van der Waals surface area contributed by atoms with Crippen LogP contribution in [0.1, 0.15) is 37.7 Å². The van der Waals surface area contributed by atoms with Crippen molar-refractivity contribution in [2.45, 2.75) is 68.7 Å². The third-order valence-electron chi connectivity index (χ3n) is 6.24. The third kappa shape index (κ3) is 14.4. The van der Waals surface area contributed by atoms with Crippen LogP contribution in [0.15, 0.2) is 24.3 Å². The molecule has 0 unspecified atom stereocenters. The normalized spacial score (nSPS) is 14.5. The summed E-state index contributed by atoms with van der Waals surface area (Å²) >= 11 is 4.69. The van der Waals surface area contributed by atoms with Gasteiger partial charge in [0, 0.05) is 12.2 Å². The fourth-order valence-electron chi connectivity index (χ4n) is 3.75. The Morgan fingerprint density at radius 1 is 0.767 bits per heavy atom. The molecule has 0 aliphatic rings. The molecule has 1 aromatic rings. The van der Waals surface area contributed by atoms with Gasteiger partial charge in [-0.15, -0.1) is 0 Å². The molecule has 43 heavy (non-hydrogen) atoms. The van der Waals surface area contributed by atoms with Crippen molar-refractivity contribution < 1.29 is 34.2 Å². The third-order valence-corrected chi connectivity index (χ3v) is 7.50. The van der Waals surface area contributed by atoms with Crippen LogP contribution in [-0.2, 0) is 30.4 Å². The smallest absolute Gasteiger partial charge is 0.326 e. The molecule has 1 aromatic carbocycles. The van der Waals surface area contributed by atoms with Gasteiger partial charge >= 0.3 is 5.97 Å². The zero-order valence-corrected chi connectivity index (χ0v) is 25.6. The number of amides is 3. The lowest BCUT2D eigenvalue weighted by Gasteiger charge is -2.24. The highest BCUT2D eigenvalue weighted by Gasteiger charge is 2.30. The summed E-state index contributed by atoms with van der Waals surface area (Å²) in [5, 5.41) is 26.1. The average molecular weight is 645 g/mol. The van der Waals surface area contributed by atoms with Crippen LogP contribution in [0.4, 0.5) is 0 Å². The SMILES string of the molecule is NCCCC[C@H](NC(=O)[C@@H](N)CCN)C(=O)N[C@@H](CCN)C(=O)SN[C@@H](CS)C(=O)N[C@@H](Cc1ccc(O)cc1)C(=O)O. The molecule has 0 saturated carbocycles. The molecule has 0 aliphatic heterocycles. The Morgan fingerprint density at radius 2 is 1.35 bits per heavy atom. The Hall–Kier alpha value is -2.93. The quantitative estimate of drug-likeness (QED) is 0.0382. The van der Waals surface area contributed by atoms with E-state index < -0.39 is 59.0 Å². The second kappa shape index (κ2) is 20.9. The van der Waals surface area contributed by atoms with Crippen LogP contribution in [0.2, 0.25) is 0 Å². The van der Waals surface area contributed by atoms with Gasteiger partial charge in [-0.2, -0.15) is 12.6 Å². The number of carboxylic acid groups (broad SMARTS) is 1. The van der Waals surface area contributed by atoms with E-state index in [1.807, 2.05) is 0 Å². The number of phenolic OH excluding ortho intramolecular Hbond substituents is 1. The summed E-state index contributed by atoms with van der Waals surface area (Å²) in [5.74, 6) is -3.21. The zero-order chi connectivity index (χ0) is 32.4. The fourth-order valence-corrected chi connectivity index (χ4v) is 4.90. The van der Waals surface area contributed by atoms with Crippen molar-refractivity contribution in [2.24, 2.45) is 22.9 Å². The number of carboxylic acids is 1. The van der Waals surface area contributed by atoms with Crippen molar-refractivity contribution in [3.05, 3.63) is 29.8 Å². The molecule has 0 saturated heterocycles. The minimum atomic E-state index is -1.28. The standard InChI is InChI=1S/C26H44N8O7S2/c27-10-2-1-3-18(31-22(36)17(30)8-11-28)23(37)32-19(9-12-29)26(41)43-34-21(14-42)24(38)33-20(25(39)40)13-15-4-6-16(35)7-5-15/h4-7,17-21,34-35,42H,1-3,8-14,27-30H2,(H,31,36)(H,32,37)(H,33,38)(H,39,40)/t17-,18-,19-,20-,21-/m0/s1. The number of nitrogens with one attached hydrogen (secondary N) is 4. The maximum atomic E-state index is 13.1. The second-order valence-electron chi connectivity index (χ2n) is 9.71. The van der Waals surface area contributed by atoms with Gasteiger partial charge in [0.1, 0.15) is 29.9 Å². The lowest BCUT2D eigenvalue weighted by atomic mass is 10.1. The van der Waals surface area contributed by atoms with Gasteiger partial charge < -0.3 is 49.1 Å². The molecule has 0 aliphatic carbocycles. The van der Waals surface area contributed by atoms with Crippen molar-refractivity contribution >= 4 is 53.4 Å². The van der Waals surface area contributed by atoms with Gasteiger partial charge in [-0.3, -0.25) is 19.2 Å². The van der Waals surface area contributed by atoms with Crippen molar-refractivity contribution in [3.63, 3.8) is 0 Å². The number of hydrogen-bond acceptors (Lipinski definition) is 13. The Kier molecular flexibility index (Phi) is 18.5. The predicted molar refractivity (Wildman–Crippen MR) is 167 cm³/mol. The van der Waals surface area contributed by atoms with Gasteiger partial charge in [-0.05, 0) is 81.4 Å². The highest BCUT2D eigenvalue weighted by atomic mass is 32.2. The first-order valence-electron chi connectivity index (χ1n) is 13.8. The highest BCUT2D eigenvalue weighted by molar-refractivity contribution is 8.12. The van der Waals surface area contributed by atoms with Gasteiger partial charge in [0.15, 0.2) is 0 Å². The number of nitrogens with two attached hydrogens (primary N) is 4. The Bertz CT molecular complexity index is 1050. The number of hydrogen-bond donors (Lipinski definition) is 11. The largest absolute Gasteiger partial charge is 0.508 e. The van der Waals surface area contributed by atoms with E-state index in [1.54, 1.807) is 0 Å². The zero-order valence-electron chi connectivity index (χ0n) is 23.9. The molecule has 0 bridgehead atoms. The monoisotopic (exact) mass is 644 g/mol. The first kappa shape index (κ1) is 38.1. The molecular weight excluding hydrogens is 600 g/mol. The average Bonchev–Trinajstić information content (AvgIpc) is 2.97. The summed E-state index contributed by atoms with van der Waals surface area (Å²) in [4.78, 5) is 63.2. The van der Waals surface area contributed by atoms with Crippen LogP contribution in [0.5, 0.6) is 5.75 Å². The molecule has 0 spiro atoms. The number of thiol groups is 1. The molecule has 0 aromatic heterocycles. The van der Waals surface area contributed by atoms with Crippen LogP contribution in [0, 0.1) is 0 Å². The lowest BCUT2D eigenvalue weighted by molar-refractivity contribution is -0.142. The van der Waals surface area contributed by atoms with Crippen LogP contribution < -0.4 is 43.6 Å². The molecule has 0 heterocycles. The summed E-state index contributed by atoms with van der Waals surface area (Å²) in [5.41, 5.74) is 23.1. The van der Waals surface area contributed by atoms with E-state index >= 15 is 0 Å². The van der Waals surface area contributed by atoms with E-state index in [0.717, 1.165) is 0 Å². The maximum Gasteiger partial charge on any atom is 0.326 e. The second-order valence-corrected chi connectivity index (χ2v) is 10.9. The molecular formula is C26H44N8O7S2. The number of rotatable bonds is 21. The molecule has 0 fully saturated rings. The molecule has 14 N–H and O–H groups in total. The van der Waals surface area contributed by atoms with Crippen LogP contribution in [0.25, 0.3) is 0 Å². The Labute approximate surface area is 260 Å². The van der Waals surface area contributed by atoms with E-state index in [-0.39, 0.29) is 50.3 Å². The minimum Gasteiger partial charge on any atom is -0.508 e. The molecule has 5 atom stereocenters. The lowest BCUT2D eigenvalue weighted by Crippen LogP contribution is -2.55. The van der Waals surface area contributed by atoms with E-state index in [9.17, 15) is 34.2 Å². The molecule has 1 rings (SSSR count). The number of phenols is 1. The number of carbonyl (C=O) groups excluding carboxylic acids is 4. The Balaban J connectivity index is 2.86. The van der Waals surface area contributed by atoms with Gasteiger partial charge in [-0.1, -0.05) is 12.1 Å². The summed E-state index contributed by atoms with van der Waals surface area (Å²) in [6.45, 7) is 0.642. The van der Waals surface area contributed by atoms with Gasteiger partial charge in [-0.25, -0.2) is 9.52 Å². The molecule has 0 radical (unpaired) electrons. The first-order chi connectivity index (χ1) is 20.5. The first-order valence-corrected chi connectivity index (χ1v) is 15.3. The van der Waals surface area contributed by atoms with Gasteiger partial charge in [0.2, 0.25) is 22.8 Å². The number of aliphatic carboxylic acids is 1. The van der Waals surface area contributed by atoms with Crippen molar-refractivity contribution in [2.75, 3.05) is 25.4 Å². The molecule has 3 amide bonds. The van der Waals surface area contributed by atoms with Crippen LogP contribution >= 0.6 is 24.6 Å². The summed E-state index contributed by atoms with van der Waals surface area (Å²) in [7, 11) is 0. The van der Waals surface area contributed by atoms with Crippen molar-refractivity contribution in [1.82, 2.24) is 20.7 Å². The number of benzene rings is 1. The number of aromatic hydroxyl groups is 1. The maximum absolute atomic E-state index is 13.1. The summed E-state index contributed by atoms with van der Waals surface area (Å²) in [6, 6.07) is 0.584. The van der Waals surface area contributed by atoms with Crippen molar-refractivity contribution in [3.8, 4) is 5.75 Å². The van der Waals surface area contributed by atoms with Crippen LogP contribution in [0.3, 0.4) is 0 Å². The fraction of sp³-hybridized carbons (Fsp3) is 0.577. The summed E-state index contributed by atoms with van der Waals surface area (Å²) in [6.07, 6.45) is 1.66. The number of carbonyl (C=O) groups is 5. The minimum absolute atomic E-state index is 0.0170. The predicted octanol–water partition coefficient (Wildman–Crippen LogP) is -2.31. The molecule has 17 heteroatoms.